The number of hydrogen-bond donors (Lipinski definition) is 1. The number of pyridine rings is 1. The number of ether oxygens (including phenoxy) is 1. The Bertz CT molecular complexity index is 855. The number of benzene rings is 1. The minimum Gasteiger partial charge on any atom is -0.439 e. The maximum absolute atomic E-state index is 12.3. The Kier molecular flexibility index (Phi) is 4.53. The molecule has 122 valence electrons. The van der Waals surface area contributed by atoms with Crippen LogP contribution in [0.15, 0.2) is 54.7 Å². The van der Waals surface area contributed by atoms with E-state index in [-0.39, 0.29) is 5.91 Å². The summed E-state index contributed by atoms with van der Waals surface area (Å²) in [6, 6.07) is 14.1. The van der Waals surface area contributed by atoms with E-state index in [1.54, 1.807) is 48.7 Å². The van der Waals surface area contributed by atoms with E-state index in [4.69, 9.17) is 16.3 Å². The third-order valence-electron chi connectivity index (χ3n) is 3.64. The number of carbonyl (C=O) groups excluding carboxylic acids is 1. The van der Waals surface area contributed by atoms with Crippen LogP contribution in [-0.2, 0) is 7.05 Å². The molecule has 6 heteroatoms. The van der Waals surface area contributed by atoms with Gasteiger partial charge in [-0.25, -0.2) is 4.98 Å². The predicted octanol–water partition coefficient (Wildman–Crippen LogP) is 4.43. The number of hydrogen-bond acceptors (Lipinski definition) is 3. The Morgan fingerprint density at radius 3 is 2.46 bits per heavy atom. The first-order valence-corrected chi connectivity index (χ1v) is 7.74. The summed E-state index contributed by atoms with van der Waals surface area (Å²) in [5.41, 5.74) is 2.21. The standard InChI is InChI=1S/C18H16ClN3O2/c1-12-3-9-16(22(12)2)18(23)21-14-6-10-17(20-11-14)24-15-7-4-13(19)5-8-15/h3-11H,1-2H3,(H,21,23). The molecule has 0 saturated carbocycles. The number of nitrogens with one attached hydrogen (secondary N) is 1. The van der Waals surface area contributed by atoms with Gasteiger partial charge >= 0.3 is 0 Å². The Balaban J connectivity index is 1.67. The maximum Gasteiger partial charge on any atom is 0.272 e. The van der Waals surface area contributed by atoms with Crippen molar-refractivity contribution >= 4 is 23.2 Å². The molecule has 0 unspecified atom stereocenters. The molecule has 2 aromatic heterocycles. The largest absolute Gasteiger partial charge is 0.439 e. The van der Waals surface area contributed by atoms with Gasteiger partial charge in [-0.05, 0) is 49.4 Å². The molecule has 0 atom stereocenters. The number of rotatable bonds is 4. The number of aryl methyl sites for hydroxylation is 1. The monoisotopic (exact) mass is 341 g/mol. The molecule has 1 amide bonds. The van der Waals surface area contributed by atoms with E-state index in [2.05, 4.69) is 10.3 Å². The summed E-state index contributed by atoms with van der Waals surface area (Å²) < 4.78 is 7.45. The zero-order chi connectivity index (χ0) is 17.1. The van der Waals surface area contributed by atoms with Crippen LogP contribution in [0.25, 0.3) is 0 Å². The van der Waals surface area contributed by atoms with Crippen LogP contribution >= 0.6 is 11.6 Å². The summed E-state index contributed by atoms with van der Waals surface area (Å²) in [5, 5.41) is 3.46. The van der Waals surface area contributed by atoms with E-state index in [0.717, 1.165) is 5.69 Å². The molecule has 0 aliphatic rings. The smallest absolute Gasteiger partial charge is 0.272 e. The highest BCUT2D eigenvalue weighted by Crippen LogP contribution is 2.22. The lowest BCUT2D eigenvalue weighted by molar-refractivity contribution is 0.101. The summed E-state index contributed by atoms with van der Waals surface area (Å²) in [6.07, 6.45) is 1.55. The molecular weight excluding hydrogens is 326 g/mol. The zero-order valence-corrected chi connectivity index (χ0v) is 14.0. The highest BCUT2D eigenvalue weighted by atomic mass is 35.5. The van der Waals surface area contributed by atoms with Crippen LogP contribution in [0.1, 0.15) is 16.2 Å². The van der Waals surface area contributed by atoms with Gasteiger partial charge in [-0.2, -0.15) is 0 Å². The van der Waals surface area contributed by atoms with E-state index < -0.39 is 0 Å². The number of halogens is 1. The molecule has 5 nitrogen and oxygen atoms in total. The Morgan fingerprint density at radius 2 is 1.88 bits per heavy atom. The predicted molar refractivity (Wildman–Crippen MR) is 93.9 cm³/mol. The topological polar surface area (TPSA) is 56.1 Å². The fraction of sp³-hybridized carbons (Fsp3) is 0.111. The molecule has 24 heavy (non-hydrogen) atoms. The van der Waals surface area contributed by atoms with Gasteiger partial charge in [0.25, 0.3) is 5.91 Å². The zero-order valence-electron chi connectivity index (χ0n) is 13.3. The van der Waals surface area contributed by atoms with E-state index in [1.165, 1.54) is 0 Å². The molecule has 1 aromatic carbocycles. The van der Waals surface area contributed by atoms with Crippen LogP contribution < -0.4 is 10.1 Å². The molecular formula is C18H16ClN3O2. The van der Waals surface area contributed by atoms with Gasteiger partial charge in [-0.1, -0.05) is 11.6 Å². The first-order chi connectivity index (χ1) is 11.5. The molecule has 0 radical (unpaired) electrons. The summed E-state index contributed by atoms with van der Waals surface area (Å²) in [7, 11) is 1.85. The van der Waals surface area contributed by atoms with E-state index in [9.17, 15) is 4.79 Å². The summed E-state index contributed by atoms with van der Waals surface area (Å²) in [5.74, 6) is 0.895. The highest BCUT2D eigenvalue weighted by molar-refractivity contribution is 6.30. The van der Waals surface area contributed by atoms with Crippen molar-refractivity contribution in [3.63, 3.8) is 0 Å². The minimum atomic E-state index is -0.182. The number of anilines is 1. The van der Waals surface area contributed by atoms with Crippen molar-refractivity contribution in [1.82, 2.24) is 9.55 Å². The Morgan fingerprint density at radius 1 is 1.12 bits per heavy atom. The molecule has 3 rings (SSSR count). The van der Waals surface area contributed by atoms with Crippen molar-refractivity contribution in [2.75, 3.05) is 5.32 Å². The molecule has 0 fully saturated rings. The molecule has 0 bridgehead atoms. The van der Waals surface area contributed by atoms with E-state index >= 15 is 0 Å². The maximum atomic E-state index is 12.3. The van der Waals surface area contributed by atoms with Crippen molar-refractivity contribution in [3.8, 4) is 11.6 Å². The van der Waals surface area contributed by atoms with Crippen molar-refractivity contribution in [2.45, 2.75) is 6.92 Å². The van der Waals surface area contributed by atoms with E-state index in [1.807, 2.05) is 24.6 Å². The molecule has 3 aromatic rings. The minimum absolute atomic E-state index is 0.182. The molecule has 0 spiro atoms. The van der Waals surface area contributed by atoms with Crippen molar-refractivity contribution in [2.24, 2.45) is 7.05 Å². The molecule has 2 heterocycles. The third-order valence-corrected chi connectivity index (χ3v) is 3.89. The first-order valence-electron chi connectivity index (χ1n) is 7.36. The van der Waals surface area contributed by atoms with E-state index in [0.29, 0.717) is 28.0 Å². The van der Waals surface area contributed by atoms with Crippen molar-refractivity contribution in [3.05, 3.63) is 71.1 Å². The van der Waals surface area contributed by atoms with Gasteiger partial charge in [0.15, 0.2) is 0 Å². The van der Waals surface area contributed by atoms with Gasteiger partial charge in [0.05, 0.1) is 11.9 Å². The van der Waals surface area contributed by atoms with Gasteiger partial charge in [-0.3, -0.25) is 4.79 Å². The van der Waals surface area contributed by atoms with Gasteiger partial charge in [0.1, 0.15) is 11.4 Å². The number of amides is 1. The van der Waals surface area contributed by atoms with Crippen LogP contribution in [0.4, 0.5) is 5.69 Å². The Labute approximate surface area is 144 Å². The van der Waals surface area contributed by atoms with Crippen LogP contribution in [0.5, 0.6) is 11.6 Å². The molecule has 1 N–H and O–H groups in total. The molecule has 0 saturated heterocycles. The van der Waals surface area contributed by atoms with Crippen LogP contribution in [-0.4, -0.2) is 15.5 Å². The number of aromatic nitrogens is 2. The summed E-state index contributed by atoms with van der Waals surface area (Å²) in [6.45, 7) is 1.95. The summed E-state index contributed by atoms with van der Waals surface area (Å²) in [4.78, 5) is 16.4. The lowest BCUT2D eigenvalue weighted by Crippen LogP contribution is -2.16. The SMILES string of the molecule is Cc1ccc(C(=O)Nc2ccc(Oc3ccc(Cl)cc3)nc2)n1C. The second kappa shape index (κ2) is 6.76. The normalized spacial score (nSPS) is 10.5. The average Bonchev–Trinajstić information content (AvgIpc) is 2.91. The van der Waals surface area contributed by atoms with Crippen LogP contribution in [0.3, 0.4) is 0 Å². The van der Waals surface area contributed by atoms with Crippen LogP contribution in [0.2, 0.25) is 5.02 Å². The first kappa shape index (κ1) is 16.1. The van der Waals surface area contributed by atoms with Crippen LogP contribution in [0, 0.1) is 6.92 Å². The molecule has 0 aliphatic heterocycles. The summed E-state index contributed by atoms with van der Waals surface area (Å²) >= 11 is 5.83. The van der Waals surface area contributed by atoms with Crippen molar-refractivity contribution in [1.29, 1.82) is 0 Å². The lowest BCUT2D eigenvalue weighted by Gasteiger charge is -2.08. The molecule has 0 aliphatic carbocycles. The second-order valence-electron chi connectivity index (χ2n) is 5.31. The number of nitrogens with zero attached hydrogens (tertiary/aromatic N) is 2. The van der Waals surface area contributed by atoms with Gasteiger partial charge < -0.3 is 14.6 Å². The quantitative estimate of drug-likeness (QED) is 0.764. The second-order valence-corrected chi connectivity index (χ2v) is 5.75. The fourth-order valence-electron chi connectivity index (χ4n) is 2.17. The number of carbonyl (C=O) groups is 1. The average molecular weight is 342 g/mol. The fourth-order valence-corrected chi connectivity index (χ4v) is 2.30. The third kappa shape index (κ3) is 3.58. The Hall–Kier alpha value is -2.79. The highest BCUT2D eigenvalue weighted by Gasteiger charge is 2.11. The lowest BCUT2D eigenvalue weighted by atomic mass is 10.3. The van der Waals surface area contributed by atoms with Gasteiger partial charge in [0.2, 0.25) is 5.88 Å². The van der Waals surface area contributed by atoms with Crippen molar-refractivity contribution < 1.29 is 9.53 Å². The van der Waals surface area contributed by atoms with Gasteiger partial charge in [0, 0.05) is 23.8 Å². The van der Waals surface area contributed by atoms with Gasteiger partial charge in [-0.15, -0.1) is 0 Å².